The summed E-state index contributed by atoms with van der Waals surface area (Å²) in [6.45, 7) is 5.42. The van der Waals surface area contributed by atoms with E-state index in [0.29, 0.717) is 0 Å². The van der Waals surface area contributed by atoms with Gasteiger partial charge in [-0.05, 0) is 6.04 Å². The fourth-order valence-electron chi connectivity index (χ4n) is 1.05. The Morgan fingerprint density at radius 3 is 2.00 bits per heavy atom. The molecule has 0 aromatic rings. The first-order chi connectivity index (χ1) is 6.93. The lowest BCUT2D eigenvalue weighted by atomic mass is 10.3. The van der Waals surface area contributed by atoms with E-state index in [-0.39, 0.29) is 6.04 Å². The Bertz CT molecular complexity index is 285. The zero-order chi connectivity index (χ0) is 13.1. The molecule has 0 aliphatic rings. The number of amides is 1. The molecule has 1 amide bonds. The van der Waals surface area contributed by atoms with Gasteiger partial charge in [0.05, 0.1) is 0 Å². The van der Waals surface area contributed by atoms with Crippen molar-refractivity contribution in [1.29, 1.82) is 0 Å². The topological polar surface area (TPSA) is 66.4 Å². The monoisotopic (exact) mass is 257 g/mol. The molecule has 2 N–H and O–H groups in total. The van der Waals surface area contributed by atoms with Crippen molar-refractivity contribution in [3.8, 4) is 0 Å². The van der Waals surface area contributed by atoms with E-state index in [1.165, 1.54) is 5.32 Å². The van der Waals surface area contributed by atoms with Gasteiger partial charge in [0, 0.05) is 8.07 Å². The van der Waals surface area contributed by atoms with Crippen molar-refractivity contribution in [2.24, 2.45) is 0 Å². The Morgan fingerprint density at radius 1 is 1.31 bits per heavy atom. The average Bonchev–Trinajstić information content (AvgIpc) is 1.98. The van der Waals surface area contributed by atoms with Crippen LogP contribution >= 0.6 is 0 Å². The Morgan fingerprint density at radius 2 is 1.75 bits per heavy atom. The van der Waals surface area contributed by atoms with Gasteiger partial charge in [-0.25, -0.2) is 0 Å². The highest BCUT2D eigenvalue weighted by Crippen LogP contribution is 2.17. The predicted octanol–water partition coefficient (Wildman–Crippen LogP) is 1.46. The third kappa shape index (κ3) is 5.74. The Hall–Kier alpha value is -1.05. The summed E-state index contributed by atoms with van der Waals surface area (Å²) in [6.07, 6.45) is -5.05. The van der Waals surface area contributed by atoms with Crippen molar-refractivity contribution < 1.29 is 27.9 Å². The molecule has 4 nitrogen and oxygen atoms in total. The van der Waals surface area contributed by atoms with Crippen LogP contribution in [0.2, 0.25) is 25.7 Å². The molecule has 1 unspecified atom stereocenters. The summed E-state index contributed by atoms with van der Waals surface area (Å²) < 4.78 is 35.7. The summed E-state index contributed by atoms with van der Waals surface area (Å²) in [5.74, 6) is -3.65. The summed E-state index contributed by atoms with van der Waals surface area (Å²) in [6, 6.07) is -1.41. The second-order valence-electron chi connectivity index (χ2n) is 4.63. The molecule has 0 heterocycles. The maximum absolute atomic E-state index is 11.9. The Labute approximate surface area is 91.8 Å². The number of hydrogen-bond acceptors (Lipinski definition) is 2. The van der Waals surface area contributed by atoms with E-state index in [9.17, 15) is 22.8 Å². The fraction of sp³-hybridized carbons (Fsp3) is 0.750. The highest BCUT2D eigenvalue weighted by atomic mass is 28.3. The standard InChI is InChI=1S/C8H14F3NO3Si/c1-16(2,3)4-5(6(13)14)12-7(15)8(9,10)11/h5H,4H2,1-3H3,(H,12,15)(H,13,14). The van der Waals surface area contributed by atoms with Gasteiger partial charge in [-0.3, -0.25) is 9.59 Å². The van der Waals surface area contributed by atoms with Crippen LogP contribution in [0.25, 0.3) is 0 Å². The molecule has 0 aliphatic heterocycles. The van der Waals surface area contributed by atoms with E-state index in [0.717, 1.165) is 0 Å². The van der Waals surface area contributed by atoms with Gasteiger partial charge >= 0.3 is 18.1 Å². The minimum absolute atomic E-state index is 0.0597. The number of hydrogen-bond donors (Lipinski definition) is 2. The van der Waals surface area contributed by atoms with Crippen molar-refractivity contribution in [3.63, 3.8) is 0 Å². The molecule has 0 aromatic heterocycles. The van der Waals surface area contributed by atoms with Gasteiger partial charge in [0.25, 0.3) is 0 Å². The summed E-state index contributed by atoms with van der Waals surface area (Å²) in [5, 5.41) is 10.2. The number of carboxylic acids is 1. The van der Waals surface area contributed by atoms with Crippen molar-refractivity contribution in [1.82, 2.24) is 5.32 Å². The lowest BCUT2D eigenvalue weighted by molar-refractivity contribution is -0.175. The molecule has 0 aromatic carbocycles. The summed E-state index contributed by atoms with van der Waals surface area (Å²) in [7, 11) is -1.87. The first-order valence-electron chi connectivity index (χ1n) is 4.54. The van der Waals surface area contributed by atoms with Gasteiger partial charge in [-0.2, -0.15) is 13.2 Å². The molecular formula is C8H14F3NO3Si. The van der Waals surface area contributed by atoms with Crippen molar-refractivity contribution in [2.75, 3.05) is 0 Å². The van der Waals surface area contributed by atoms with Gasteiger partial charge in [0.1, 0.15) is 6.04 Å². The molecule has 8 heteroatoms. The number of halogens is 3. The van der Waals surface area contributed by atoms with E-state index in [1.54, 1.807) is 0 Å². The Kier molecular flexibility index (Phi) is 4.53. The van der Waals surface area contributed by atoms with E-state index in [2.05, 4.69) is 0 Å². The van der Waals surface area contributed by atoms with Crippen LogP contribution in [0.5, 0.6) is 0 Å². The zero-order valence-corrected chi connectivity index (χ0v) is 10.2. The SMILES string of the molecule is C[Si](C)(C)CC(NC(=O)C(F)(F)F)C(=O)O. The fourth-order valence-corrected chi connectivity index (χ4v) is 2.55. The highest BCUT2D eigenvalue weighted by molar-refractivity contribution is 6.76. The molecule has 0 spiro atoms. The highest BCUT2D eigenvalue weighted by Gasteiger charge is 2.41. The van der Waals surface area contributed by atoms with Gasteiger partial charge in [-0.1, -0.05) is 19.6 Å². The molecule has 0 saturated heterocycles. The summed E-state index contributed by atoms with van der Waals surface area (Å²) >= 11 is 0. The third-order valence-corrected chi connectivity index (χ3v) is 3.31. The summed E-state index contributed by atoms with van der Waals surface area (Å²) in [4.78, 5) is 21.3. The first-order valence-corrected chi connectivity index (χ1v) is 8.25. The maximum atomic E-state index is 11.9. The van der Waals surface area contributed by atoms with Crippen molar-refractivity contribution in [2.45, 2.75) is 37.9 Å². The molecule has 94 valence electrons. The molecule has 0 fully saturated rings. The molecule has 0 aliphatic carbocycles. The van der Waals surface area contributed by atoms with Gasteiger partial charge < -0.3 is 10.4 Å². The second kappa shape index (κ2) is 4.85. The van der Waals surface area contributed by atoms with Gasteiger partial charge in [0.15, 0.2) is 0 Å². The van der Waals surface area contributed by atoms with Crippen LogP contribution in [-0.4, -0.2) is 37.3 Å². The smallest absolute Gasteiger partial charge is 0.471 e. The number of alkyl halides is 3. The molecule has 1 atom stereocenters. The minimum Gasteiger partial charge on any atom is -0.480 e. The lowest BCUT2D eigenvalue weighted by Crippen LogP contribution is -2.49. The zero-order valence-electron chi connectivity index (χ0n) is 9.18. The van der Waals surface area contributed by atoms with E-state index < -0.39 is 32.2 Å². The molecule has 0 radical (unpaired) electrons. The predicted molar refractivity (Wildman–Crippen MR) is 53.8 cm³/mol. The lowest BCUT2D eigenvalue weighted by Gasteiger charge is -2.22. The Balaban J connectivity index is 4.60. The van der Waals surface area contributed by atoms with Gasteiger partial charge in [-0.15, -0.1) is 0 Å². The number of nitrogens with one attached hydrogen (secondary N) is 1. The number of carboxylic acid groups (broad SMARTS) is 1. The number of rotatable bonds is 4. The van der Waals surface area contributed by atoms with Crippen LogP contribution in [-0.2, 0) is 9.59 Å². The van der Waals surface area contributed by atoms with Gasteiger partial charge in [0.2, 0.25) is 0 Å². The van der Waals surface area contributed by atoms with Crippen LogP contribution in [0.4, 0.5) is 13.2 Å². The molecule has 0 saturated carbocycles. The number of carbonyl (C=O) groups excluding carboxylic acids is 1. The molecular weight excluding hydrogens is 243 g/mol. The number of carbonyl (C=O) groups is 2. The van der Waals surface area contributed by atoms with Crippen molar-refractivity contribution in [3.05, 3.63) is 0 Å². The molecule has 0 rings (SSSR count). The summed E-state index contributed by atoms with van der Waals surface area (Å²) in [5.41, 5.74) is 0. The van der Waals surface area contributed by atoms with Crippen LogP contribution in [0, 0.1) is 0 Å². The average molecular weight is 257 g/mol. The quantitative estimate of drug-likeness (QED) is 0.749. The normalized spacial score (nSPS) is 14.4. The van der Waals surface area contributed by atoms with Crippen LogP contribution in [0.3, 0.4) is 0 Å². The van der Waals surface area contributed by atoms with E-state index in [1.807, 2.05) is 19.6 Å². The second-order valence-corrected chi connectivity index (χ2v) is 10.2. The third-order valence-electron chi connectivity index (χ3n) is 1.68. The van der Waals surface area contributed by atoms with Crippen molar-refractivity contribution >= 4 is 20.0 Å². The largest absolute Gasteiger partial charge is 0.480 e. The van der Waals surface area contributed by atoms with Crippen LogP contribution in [0.1, 0.15) is 0 Å². The molecule has 16 heavy (non-hydrogen) atoms. The molecule has 0 bridgehead atoms. The number of aliphatic carboxylic acids is 1. The first kappa shape index (κ1) is 14.9. The van der Waals surface area contributed by atoms with Crippen LogP contribution in [0.15, 0.2) is 0 Å². The van der Waals surface area contributed by atoms with E-state index in [4.69, 9.17) is 5.11 Å². The van der Waals surface area contributed by atoms with E-state index >= 15 is 0 Å². The maximum Gasteiger partial charge on any atom is 0.471 e. The van der Waals surface area contributed by atoms with Crippen LogP contribution < -0.4 is 5.32 Å². The minimum atomic E-state index is -5.05.